The number of hydrogen-bond acceptors (Lipinski definition) is 3. The van der Waals surface area contributed by atoms with E-state index in [0.29, 0.717) is 11.9 Å². The van der Waals surface area contributed by atoms with Gasteiger partial charge in [0.25, 0.3) is 0 Å². The van der Waals surface area contributed by atoms with E-state index in [9.17, 15) is 0 Å². The van der Waals surface area contributed by atoms with Gasteiger partial charge in [-0.15, -0.1) is 11.3 Å². The molecule has 3 N–H and O–H groups in total. The molecule has 1 aromatic carbocycles. The Morgan fingerprint density at radius 2 is 2.13 bits per heavy atom. The highest BCUT2D eigenvalue weighted by Crippen LogP contribution is 2.23. The Kier molecular flexibility index (Phi) is 5.53. The second-order valence-electron chi connectivity index (χ2n) is 5.92. The molecule has 0 bridgehead atoms. The van der Waals surface area contributed by atoms with Crippen molar-refractivity contribution in [3.05, 3.63) is 52.7 Å². The average molecular weight is 328 g/mol. The Labute approximate surface area is 142 Å². The standard InChI is InChI=1S/C18H24N4S/c19-18(20-10-8-17-7-4-12-23-17)21-13-15-9-11-22(14-15)16-5-2-1-3-6-16/h1-7,12,15H,8-11,13-14H2,(H3,19,20,21). The summed E-state index contributed by atoms with van der Waals surface area (Å²) in [7, 11) is 0. The number of anilines is 1. The smallest absolute Gasteiger partial charge is 0.188 e. The Balaban J connectivity index is 1.39. The molecule has 1 aromatic heterocycles. The molecule has 4 nitrogen and oxygen atoms in total. The number of thiophene rings is 1. The number of rotatable bonds is 6. The maximum Gasteiger partial charge on any atom is 0.188 e. The van der Waals surface area contributed by atoms with Gasteiger partial charge >= 0.3 is 0 Å². The van der Waals surface area contributed by atoms with Gasteiger partial charge in [-0.2, -0.15) is 0 Å². The van der Waals surface area contributed by atoms with Crippen LogP contribution in [0.1, 0.15) is 11.3 Å². The lowest BCUT2D eigenvalue weighted by Crippen LogP contribution is -2.33. The molecule has 2 heterocycles. The molecule has 5 heteroatoms. The fourth-order valence-electron chi connectivity index (χ4n) is 2.91. The Morgan fingerprint density at radius 3 is 2.91 bits per heavy atom. The zero-order chi connectivity index (χ0) is 15.9. The molecule has 0 amide bonds. The topological polar surface area (TPSA) is 53.6 Å². The van der Waals surface area contributed by atoms with Crippen LogP contribution in [0.2, 0.25) is 0 Å². The van der Waals surface area contributed by atoms with Crippen LogP contribution in [0.4, 0.5) is 5.69 Å². The van der Waals surface area contributed by atoms with Crippen molar-refractivity contribution >= 4 is 23.0 Å². The molecule has 1 unspecified atom stereocenters. The van der Waals surface area contributed by atoms with Crippen molar-refractivity contribution in [2.75, 3.05) is 31.1 Å². The average Bonchev–Trinajstić information content (AvgIpc) is 3.25. The number of nitrogens with two attached hydrogens (primary N) is 1. The Bertz CT molecular complexity index is 609. The van der Waals surface area contributed by atoms with Crippen LogP contribution in [0.3, 0.4) is 0 Å². The molecule has 3 rings (SSSR count). The summed E-state index contributed by atoms with van der Waals surface area (Å²) in [5.74, 6) is 1.16. The summed E-state index contributed by atoms with van der Waals surface area (Å²) in [6.07, 6.45) is 2.18. The minimum atomic E-state index is 0.569. The lowest BCUT2D eigenvalue weighted by Gasteiger charge is -2.18. The van der Waals surface area contributed by atoms with Gasteiger partial charge < -0.3 is 16.0 Å². The first-order valence-electron chi connectivity index (χ1n) is 8.17. The minimum absolute atomic E-state index is 0.569. The molecule has 122 valence electrons. The molecule has 1 aliphatic rings. The van der Waals surface area contributed by atoms with E-state index in [1.54, 1.807) is 11.3 Å². The number of nitrogens with one attached hydrogen (secondary N) is 1. The number of guanidine groups is 1. The van der Waals surface area contributed by atoms with E-state index in [-0.39, 0.29) is 0 Å². The van der Waals surface area contributed by atoms with Crippen molar-refractivity contribution in [2.24, 2.45) is 16.6 Å². The highest BCUT2D eigenvalue weighted by atomic mass is 32.1. The zero-order valence-electron chi connectivity index (χ0n) is 13.3. The predicted octanol–water partition coefficient (Wildman–Crippen LogP) is 2.72. The third-order valence-electron chi connectivity index (χ3n) is 4.18. The van der Waals surface area contributed by atoms with Gasteiger partial charge in [0.2, 0.25) is 0 Å². The molecular formula is C18H24N4S. The van der Waals surface area contributed by atoms with Crippen molar-refractivity contribution in [1.82, 2.24) is 5.32 Å². The molecule has 0 saturated carbocycles. The molecule has 1 aliphatic heterocycles. The summed E-state index contributed by atoms with van der Waals surface area (Å²) in [6, 6.07) is 14.8. The molecule has 0 radical (unpaired) electrons. The van der Waals surface area contributed by atoms with Crippen LogP contribution in [0.15, 0.2) is 52.8 Å². The van der Waals surface area contributed by atoms with Gasteiger partial charge in [0.05, 0.1) is 0 Å². The van der Waals surface area contributed by atoms with Crippen LogP contribution in [0, 0.1) is 5.92 Å². The highest BCUT2D eigenvalue weighted by Gasteiger charge is 2.22. The Morgan fingerprint density at radius 1 is 1.26 bits per heavy atom. The molecule has 2 aromatic rings. The van der Waals surface area contributed by atoms with Crippen molar-refractivity contribution in [3.63, 3.8) is 0 Å². The number of aliphatic imine (C=N–C) groups is 1. The van der Waals surface area contributed by atoms with E-state index in [0.717, 1.165) is 32.6 Å². The number of benzene rings is 1. The summed E-state index contributed by atoms with van der Waals surface area (Å²) in [4.78, 5) is 8.32. The maximum atomic E-state index is 5.97. The van der Waals surface area contributed by atoms with Gasteiger partial charge in [-0.25, -0.2) is 0 Å². The minimum Gasteiger partial charge on any atom is -0.371 e. The number of nitrogens with zero attached hydrogens (tertiary/aromatic N) is 2. The Hall–Kier alpha value is -2.01. The van der Waals surface area contributed by atoms with Crippen molar-refractivity contribution < 1.29 is 0 Å². The largest absolute Gasteiger partial charge is 0.371 e. The predicted molar refractivity (Wildman–Crippen MR) is 99.3 cm³/mol. The van der Waals surface area contributed by atoms with E-state index in [1.165, 1.54) is 17.0 Å². The first kappa shape index (κ1) is 15.9. The third-order valence-corrected chi connectivity index (χ3v) is 5.12. The van der Waals surface area contributed by atoms with Crippen molar-refractivity contribution in [2.45, 2.75) is 12.8 Å². The van der Waals surface area contributed by atoms with E-state index >= 15 is 0 Å². The van der Waals surface area contributed by atoms with Crippen molar-refractivity contribution in [3.8, 4) is 0 Å². The maximum absolute atomic E-state index is 5.97. The fraction of sp³-hybridized carbons (Fsp3) is 0.389. The lowest BCUT2D eigenvalue weighted by atomic mass is 10.1. The first-order chi connectivity index (χ1) is 11.3. The third kappa shape index (κ3) is 4.73. The summed E-state index contributed by atoms with van der Waals surface area (Å²) in [5.41, 5.74) is 7.27. The van der Waals surface area contributed by atoms with Gasteiger partial charge in [0, 0.05) is 36.7 Å². The van der Waals surface area contributed by atoms with Crippen LogP contribution in [-0.2, 0) is 6.42 Å². The second kappa shape index (κ2) is 8.02. The molecule has 1 fully saturated rings. The van der Waals surface area contributed by atoms with Crippen molar-refractivity contribution in [1.29, 1.82) is 0 Å². The molecule has 0 aliphatic carbocycles. The van der Waals surface area contributed by atoms with Gasteiger partial charge in [0.15, 0.2) is 5.96 Å². The SMILES string of the molecule is NC(=NCC1CCN(c2ccccc2)C1)NCCc1cccs1. The second-order valence-corrected chi connectivity index (χ2v) is 6.95. The first-order valence-corrected chi connectivity index (χ1v) is 9.05. The zero-order valence-corrected chi connectivity index (χ0v) is 14.1. The number of para-hydroxylation sites is 1. The van der Waals surface area contributed by atoms with Crippen LogP contribution >= 0.6 is 11.3 Å². The summed E-state index contributed by atoms with van der Waals surface area (Å²) in [6.45, 7) is 3.82. The van der Waals surface area contributed by atoms with Gasteiger partial charge in [0.1, 0.15) is 0 Å². The quantitative estimate of drug-likeness (QED) is 0.633. The van der Waals surface area contributed by atoms with Crippen LogP contribution in [-0.4, -0.2) is 32.1 Å². The van der Waals surface area contributed by atoms with E-state index in [4.69, 9.17) is 5.73 Å². The van der Waals surface area contributed by atoms with Crippen LogP contribution in [0.25, 0.3) is 0 Å². The van der Waals surface area contributed by atoms with E-state index < -0.39 is 0 Å². The normalized spacial score (nSPS) is 18.3. The van der Waals surface area contributed by atoms with Gasteiger partial charge in [-0.3, -0.25) is 4.99 Å². The fourth-order valence-corrected chi connectivity index (χ4v) is 3.62. The molecule has 23 heavy (non-hydrogen) atoms. The van der Waals surface area contributed by atoms with Crippen LogP contribution < -0.4 is 16.0 Å². The van der Waals surface area contributed by atoms with E-state index in [1.807, 2.05) is 0 Å². The molecule has 1 atom stereocenters. The lowest BCUT2D eigenvalue weighted by molar-refractivity contribution is 0.601. The molecule has 1 saturated heterocycles. The van der Waals surface area contributed by atoms with Gasteiger partial charge in [-0.1, -0.05) is 24.3 Å². The van der Waals surface area contributed by atoms with Crippen LogP contribution in [0.5, 0.6) is 0 Å². The molecular weight excluding hydrogens is 304 g/mol. The highest BCUT2D eigenvalue weighted by molar-refractivity contribution is 7.09. The van der Waals surface area contributed by atoms with E-state index in [2.05, 4.69) is 63.1 Å². The van der Waals surface area contributed by atoms with Gasteiger partial charge in [-0.05, 0) is 42.3 Å². The summed E-state index contributed by atoms with van der Waals surface area (Å²) >= 11 is 1.78. The number of hydrogen-bond donors (Lipinski definition) is 2. The monoisotopic (exact) mass is 328 g/mol. The molecule has 0 spiro atoms. The summed E-state index contributed by atoms with van der Waals surface area (Å²) in [5, 5.41) is 5.31. The summed E-state index contributed by atoms with van der Waals surface area (Å²) < 4.78 is 0.